The normalized spacial score (nSPS) is 13.3. The zero-order valence-electron chi connectivity index (χ0n) is 20.0. The van der Waals surface area contributed by atoms with Gasteiger partial charge in [0.25, 0.3) is 11.5 Å². The molecule has 0 unspecified atom stereocenters. The minimum absolute atomic E-state index is 0.128. The number of carbonyl (C=O) groups excluding carboxylic acids is 1. The van der Waals surface area contributed by atoms with E-state index in [1.54, 1.807) is 46.9 Å². The highest BCUT2D eigenvalue weighted by Gasteiger charge is 2.36. The van der Waals surface area contributed by atoms with E-state index in [2.05, 4.69) is 10.3 Å². The number of imidazole rings is 1. The van der Waals surface area contributed by atoms with Crippen molar-refractivity contribution in [1.29, 1.82) is 0 Å². The Balaban J connectivity index is 1.24. The molecule has 2 aromatic heterocycles. The molecular weight excluding hydrogens is 577 g/mol. The molecule has 39 heavy (non-hydrogen) atoms. The van der Waals surface area contributed by atoms with Crippen molar-refractivity contribution in [3.63, 3.8) is 0 Å². The first-order valence-electron chi connectivity index (χ1n) is 11.8. The lowest BCUT2D eigenvalue weighted by Crippen LogP contribution is -2.47. The Kier molecular flexibility index (Phi) is 6.69. The quantitative estimate of drug-likeness (QED) is 0.193. The van der Waals surface area contributed by atoms with Crippen molar-refractivity contribution in [3.05, 3.63) is 117 Å². The molecule has 6 rings (SSSR count). The minimum Gasteiger partial charge on any atom is -0.466 e. The van der Waals surface area contributed by atoms with Crippen LogP contribution in [-0.2, 0) is 0 Å². The molecule has 0 aliphatic carbocycles. The minimum atomic E-state index is -1.95. The number of fused-ring (bicyclic) bond motifs is 4. The number of alkyl halides is 3. The van der Waals surface area contributed by atoms with Gasteiger partial charge in [-0.25, -0.2) is 9.38 Å². The average Bonchev–Trinajstić information content (AvgIpc) is 3.44. The number of ether oxygens (including phenoxy) is 1. The average molecular weight is 595 g/mol. The van der Waals surface area contributed by atoms with Crippen LogP contribution in [0.15, 0.2) is 95.8 Å². The second-order valence-corrected chi connectivity index (χ2v) is 12.1. The fourth-order valence-corrected chi connectivity index (χ4v) is 5.62. The van der Waals surface area contributed by atoms with Crippen molar-refractivity contribution in [3.8, 4) is 5.75 Å². The van der Waals surface area contributed by atoms with Gasteiger partial charge >= 0.3 is 0 Å². The number of nitrogens with zero attached hydrogens (tertiary/aromatic N) is 2. The van der Waals surface area contributed by atoms with Crippen LogP contribution in [0.4, 0.5) is 0 Å². The van der Waals surface area contributed by atoms with Crippen molar-refractivity contribution in [1.82, 2.24) is 14.7 Å². The Bertz CT molecular complexity index is 1960. The monoisotopic (exact) mass is 593 g/mol. The Morgan fingerprint density at radius 3 is 2.46 bits per heavy atom. The van der Waals surface area contributed by atoms with Crippen LogP contribution in [0.2, 0.25) is 0 Å². The predicted molar refractivity (Wildman–Crippen MR) is 158 cm³/mol. The van der Waals surface area contributed by atoms with Gasteiger partial charge in [0.15, 0.2) is 4.96 Å². The number of thiazole rings is 1. The third-order valence-electron chi connectivity index (χ3n) is 6.17. The number of rotatable bonds is 5. The maximum atomic E-state index is 13.1. The van der Waals surface area contributed by atoms with E-state index in [4.69, 9.17) is 39.5 Å². The fourth-order valence-electron chi connectivity index (χ4n) is 4.34. The molecule has 194 valence electrons. The molecule has 10 heteroatoms. The Morgan fingerprint density at radius 1 is 0.949 bits per heavy atom. The Labute approximate surface area is 241 Å². The van der Waals surface area contributed by atoms with Crippen LogP contribution in [0.3, 0.4) is 0 Å². The molecule has 0 saturated heterocycles. The van der Waals surface area contributed by atoms with E-state index in [-0.39, 0.29) is 5.56 Å². The largest absolute Gasteiger partial charge is 0.466 e. The number of amides is 1. The number of hydrogen-bond donors (Lipinski definition) is 1. The van der Waals surface area contributed by atoms with Crippen LogP contribution >= 0.6 is 46.1 Å². The van der Waals surface area contributed by atoms with E-state index in [1.165, 1.54) is 11.3 Å². The summed E-state index contributed by atoms with van der Waals surface area (Å²) >= 11 is 19.8. The lowest BCUT2D eigenvalue weighted by molar-refractivity contribution is 0.0834. The zero-order valence-corrected chi connectivity index (χ0v) is 23.1. The fraction of sp³-hybridized carbons (Fsp3) is 0.0690. The first-order chi connectivity index (χ1) is 18.8. The van der Waals surface area contributed by atoms with Gasteiger partial charge in [-0.05, 0) is 52.7 Å². The molecule has 6 nitrogen and oxygen atoms in total. The van der Waals surface area contributed by atoms with Crippen molar-refractivity contribution >= 4 is 84.9 Å². The van der Waals surface area contributed by atoms with Gasteiger partial charge in [-0.3, -0.25) is 9.59 Å². The summed E-state index contributed by atoms with van der Waals surface area (Å²) in [4.78, 5) is 31.3. The first-order valence-corrected chi connectivity index (χ1v) is 13.8. The maximum Gasteiger partial charge on any atom is 0.274 e. The molecule has 0 saturated carbocycles. The molecule has 0 bridgehead atoms. The molecule has 0 radical (unpaired) electrons. The van der Waals surface area contributed by atoms with Crippen LogP contribution < -0.4 is 20.1 Å². The molecule has 2 heterocycles. The third-order valence-corrected chi connectivity index (χ3v) is 7.73. The Hall–Kier alpha value is -3.62. The maximum absolute atomic E-state index is 13.1. The number of hydrogen-bond acceptors (Lipinski definition) is 5. The molecule has 0 aliphatic rings. The number of carbonyl (C=O) groups is 1. The van der Waals surface area contributed by atoms with Gasteiger partial charge in [-0.2, -0.15) is 0 Å². The summed E-state index contributed by atoms with van der Waals surface area (Å²) in [6.45, 7) is 0. The predicted octanol–water partition coefficient (Wildman–Crippen LogP) is 6.12. The van der Waals surface area contributed by atoms with Gasteiger partial charge in [0.2, 0.25) is 10.0 Å². The lowest BCUT2D eigenvalue weighted by Gasteiger charge is -2.26. The SMILES string of the molecule is O=C(N[C@H](Oc1ccc(/C=c2\sc3nc4ccccc4n3c2=O)cc1)C(Cl)(Cl)Cl)c1cccc2ccccc12. The van der Waals surface area contributed by atoms with Crippen LogP contribution in [-0.4, -0.2) is 25.3 Å². The molecule has 4 aromatic carbocycles. The zero-order chi connectivity index (χ0) is 27.1. The summed E-state index contributed by atoms with van der Waals surface area (Å²) in [5.74, 6) is -0.0673. The number of para-hydroxylation sites is 2. The Morgan fingerprint density at radius 2 is 1.67 bits per heavy atom. The van der Waals surface area contributed by atoms with Gasteiger partial charge in [-0.1, -0.05) is 107 Å². The third kappa shape index (κ3) is 5.06. The topological polar surface area (TPSA) is 72.7 Å². The van der Waals surface area contributed by atoms with Crippen molar-refractivity contribution in [2.45, 2.75) is 10.0 Å². The second-order valence-electron chi connectivity index (χ2n) is 8.74. The second kappa shape index (κ2) is 10.2. The van der Waals surface area contributed by atoms with Gasteiger partial charge in [0.1, 0.15) is 5.75 Å². The van der Waals surface area contributed by atoms with Gasteiger partial charge in [0, 0.05) is 5.56 Å². The van der Waals surface area contributed by atoms with E-state index >= 15 is 0 Å². The van der Waals surface area contributed by atoms with E-state index < -0.39 is 15.9 Å². The lowest BCUT2D eigenvalue weighted by atomic mass is 10.0. The van der Waals surface area contributed by atoms with Gasteiger partial charge in [-0.15, -0.1) is 0 Å². The van der Waals surface area contributed by atoms with Gasteiger partial charge in [0.05, 0.1) is 15.6 Å². The number of nitrogens with one attached hydrogen (secondary N) is 1. The smallest absolute Gasteiger partial charge is 0.274 e. The van der Waals surface area contributed by atoms with Crippen LogP contribution in [0, 0.1) is 0 Å². The van der Waals surface area contributed by atoms with Crippen molar-refractivity contribution in [2.24, 2.45) is 0 Å². The molecule has 0 spiro atoms. The molecule has 0 fully saturated rings. The molecule has 0 aliphatic heterocycles. The molecule has 1 atom stereocenters. The number of halogens is 3. The summed E-state index contributed by atoms with van der Waals surface area (Å²) in [5.41, 5.74) is 2.64. The highest BCUT2D eigenvalue weighted by molar-refractivity contribution is 7.15. The van der Waals surface area contributed by atoms with Gasteiger partial charge < -0.3 is 10.1 Å². The highest BCUT2D eigenvalue weighted by atomic mass is 35.6. The summed E-state index contributed by atoms with van der Waals surface area (Å²) in [6.07, 6.45) is 0.519. The summed E-state index contributed by atoms with van der Waals surface area (Å²) < 4.78 is 6.11. The van der Waals surface area contributed by atoms with E-state index in [1.807, 2.05) is 54.6 Å². The molecule has 1 N–H and O–H groups in total. The van der Waals surface area contributed by atoms with Crippen LogP contribution in [0.25, 0.3) is 32.8 Å². The molecular formula is C29H18Cl3N3O3S. The van der Waals surface area contributed by atoms with E-state index in [0.29, 0.717) is 20.8 Å². The number of aromatic nitrogens is 2. The number of benzene rings is 4. The molecule has 1 amide bonds. The summed E-state index contributed by atoms with van der Waals surface area (Å²) in [6, 6.07) is 27.4. The van der Waals surface area contributed by atoms with E-state index in [9.17, 15) is 9.59 Å². The molecule has 6 aromatic rings. The standard InChI is InChI=1S/C29H18Cl3N3O3S/c30-29(31,32)27(34-25(36)21-9-5-7-18-6-1-2-8-20(18)21)38-19-14-12-17(13-15-19)16-24-26(37)35-23-11-4-3-10-22(23)33-28(35)39-24/h1-16,27H,(H,34,36)/b24-16-/t27-/m1/s1. The van der Waals surface area contributed by atoms with Crippen LogP contribution in [0.5, 0.6) is 5.75 Å². The van der Waals surface area contributed by atoms with Crippen molar-refractivity contribution in [2.75, 3.05) is 0 Å². The summed E-state index contributed by atoms with van der Waals surface area (Å²) in [7, 11) is 0. The van der Waals surface area contributed by atoms with Crippen molar-refractivity contribution < 1.29 is 9.53 Å². The summed E-state index contributed by atoms with van der Waals surface area (Å²) in [5, 5.41) is 4.37. The first kappa shape index (κ1) is 25.6. The van der Waals surface area contributed by atoms with E-state index in [0.717, 1.165) is 27.4 Å². The van der Waals surface area contributed by atoms with Crippen LogP contribution in [0.1, 0.15) is 15.9 Å². The highest BCUT2D eigenvalue weighted by Crippen LogP contribution is 2.32.